The van der Waals surface area contributed by atoms with Crippen molar-refractivity contribution in [3.8, 4) is 0 Å². The van der Waals surface area contributed by atoms with Gasteiger partial charge in [0.05, 0.1) is 13.2 Å². The normalized spacial score (nSPS) is 49.5. The second-order valence-corrected chi connectivity index (χ2v) is 5.10. The molecule has 0 bridgehead atoms. The second kappa shape index (κ2) is 2.53. The van der Waals surface area contributed by atoms with Crippen LogP contribution in [0.25, 0.3) is 0 Å². The van der Waals surface area contributed by atoms with Crippen LogP contribution in [0.3, 0.4) is 0 Å². The van der Waals surface area contributed by atoms with Gasteiger partial charge in [0, 0.05) is 18.3 Å². The van der Waals surface area contributed by atoms with Crippen molar-refractivity contribution < 1.29 is 14.3 Å². The van der Waals surface area contributed by atoms with Crippen LogP contribution in [0.15, 0.2) is 12.2 Å². The fourth-order valence-electron chi connectivity index (χ4n) is 4.15. The highest BCUT2D eigenvalue weighted by atomic mass is 16.7. The Labute approximate surface area is 88.4 Å². The minimum absolute atomic E-state index is 0.266. The van der Waals surface area contributed by atoms with E-state index in [0.717, 1.165) is 26.1 Å². The average molecular weight is 206 g/mol. The van der Waals surface area contributed by atoms with E-state index in [1.807, 2.05) is 0 Å². The summed E-state index contributed by atoms with van der Waals surface area (Å²) in [5.41, 5.74) is 0. The van der Waals surface area contributed by atoms with Crippen LogP contribution in [0.5, 0.6) is 0 Å². The summed E-state index contributed by atoms with van der Waals surface area (Å²) >= 11 is 0. The highest BCUT2D eigenvalue weighted by molar-refractivity contribution is 5.96. The van der Waals surface area contributed by atoms with Crippen molar-refractivity contribution in [3.63, 3.8) is 0 Å². The van der Waals surface area contributed by atoms with Gasteiger partial charge in [-0.05, 0) is 24.3 Å². The van der Waals surface area contributed by atoms with Gasteiger partial charge in [0.1, 0.15) is 0 Å². The summed E-state index contributed by atoms with van der Waals surface area (Å²) in [6.45, 7) is 1.44. The lowest BCUT2D eigenvalue weighted by Gasteiger charge is -2.48. The number of hydrogen-bond acceptors (Lipinski definition) is 3. The highest BCUT2D eigenvalue weighted by Crippen LogP contribution is 2.64. The molecule has 3 nitrogen and oxygen atoms in total. The third-order valence-corrected chi connectivity index (χ3v) is 4.67. The van der Waals surface area contributed by atoms with E-state index >= 15 is 0 Å². The number of hydrogen-bond donors (Lipinski definition) is 0. The molecule has 80 valence electrons. The van der Waals surface area contributed by atoms with E-state index in [0.29, 0.717) is 23.5 Å². The van der Waals surface area contributed by atoms with Gasteiger partial charge in [-0.2, -0.15) is 0 Å². The molecule has 0 aromatic heterocycles. The third-order valence-electron chi connectivity index (χ3n) is 4.67. The number of carbonyl (C=O) groups is 1. The predicted molar refractivity (Wildman–Crippen MR) is 52.0 cm³/mol. The minimum atomic E-state index is -0.319. The topological polar surface area (TPSA) is 35.5 Å². The summed E-state index contributed by atoms with van der Waals surface area (Å²) in [6, 6.07) is 0. The molecule has 4 atom stereocenters. The van der Waals surface area contributed by atoms with Crippen LogP contribution >= 0.6 is 0 Å². The zero-order valence-electron chi connectivity index (χ0n) is 8.52. The van der Waals surface area contributed by atoms with Gasteiger partial charge in [0.15, 0.2) is 11.6 Å². The zero-order chi connectivity index (χ0) is 10.0. The summed E-state index contributed by atoms with van der Waals surface area (Å²) in [6.07, 6.45) is 5.91. The van der Waals surface area contributed by atoms with Crippen molar-refractivity contribution in [2.75, 3.05) is 13.2 Å². The van der Waals surface area contributed by atoms with E-state index in [2.05, 4.69) is 6.08 Å². The number of ketones is 1. The molecule has 3 fully saturated rings. The first kappa shape index (κ1) is 8.48. The van der Waals surface area contributed by atoms with Crippen LogP contribution in [0.2, 0.25) is 0 Å². The largest absolute Gasteiger partial charge is 0.347 e. The molecule has 0 radical (unpaired) electrons. The average Bonchev–Trinajstić information content (AvgIpc) is 2.81. The van der Waals surface area contributed by atoms with E-state index in [1.54, 1.807) is 6.08 Å². The molecule has 1 heterocycles. The molecule has 0 unspecified atom stereocenters. The summed E-state index contributed by atoms with van der Waals surface area (Å²) < 4.78 is 11.6. The number of ether oxygens (including phenoxy) is 2. The maximum absolute atomic E-state index is 11.6. The van der Waals surface area contributed by atoms with Crippen LogP contribution < -0.4 is 0 Å². The lowest BCUT2D eigenvalue weighted by atomic mass is 9.58. The van der Waals surface area contributed by atoms with Crippen molar-refractivity contribution in [1.82, 2.24) is 0 Å². The maximum atomic E-state index is 11.6. The molecule has 15 heavy (non-hydrogen) atoms. The number of rotatable bonds is 0. The van der Waals surface area contributed by atoms with Crippen molar-refractivity contribution in [2.45, 2.75) is 18.6 Å². The molecule has 1 aliphatic heterocycles. The molecule has 3 aliphatic carbocycles. The second-order valence-electron chi connectivity index (χ2n) is 5.10. The Bertz CT molecular complexity index is 354. The Morgan fingerprint density at radius 3 is 2.93 bits per heavy atom. The summed E-state index contributed by atoms with van der Waals surface area (Å²) in [5.74, 6) is 1.66. The van der Waals surface area contributed by atoms with Crippen molar-refractivity contribution in [2.24, 2.45) is 23.7 Å². The first-order valence-electron chi connectivity index (χ1n) is 5.82. The van der Waals surface area contributed by atoms with Crippen LogP contribution in [-0.2, 0) is 14.3 Å². The molecule has 1 spiro atoms. The Kier molecular flexibility index (Phi) is 1.43. The molecule has 3 heteroatoms. The van der Waals surface area contributed by atoms with Crippen LogP contribution in [0, 0.1) is 23.7 Å². The predicted octanol–water partition coefficient (Wildman–Crippen LogP) is 1.14. The monoisotopic (exact) mass is 206 g/mol. The Hall–Kier alpha value is -0.670. The van der Waals surface area contributed by atoms with Gasteiger partial charge in [0.25, 0.3) is 0 Å². The first-order valence-corrected chi connectivity index (χ1v) is 5.82. The quantitative estimate of drug-likeness (QED) is 0.596. The van der Waals surface area contributed by atoms with Crippen LogP contribution in [0.1, 0.15) is 12.8 Å². The summed E-state index contributed by atoms with van der Waals surface area (Å²) in [4.78, 5) is 11.6. The maximum Gasteiger partial charge on any atom is 0.172 e. The molecular weight excluding hydrogens is 192 g/mol. The molecular formula is C12H14O3. The molecule has 0 aromatic rings. The van der Waals surface area contributed by atoms with E-state index in [4.69, 9.17) is 9.47 Å². The number of fused-ring (bicyclic) bond motifs is 5. The van der Waals surface area contributed by atoms with Gasteiger partial charge in [-0.3, -0.25) is 4.79 Å². The number of carbonyl (C=O) groups excluding carboxylic acids is 1. The van der Waals surface area contributed by atoms with Gasteiger partial charge < -0.3 is 9.47 Å². The molecule has 4 rings (SSSR count). The van der Waals surface area contributed by atoms with Gasteiger partial charge in [0.2, 0.25) is 0 Å². The molecule has 4 aliphatic rings. The Morgan fingerprint density at radius 2 is 2.13 bits per heavy atom. The van der Waals surface area contributed by atoms with E-state index in [9.17, 15) is 4.79 Å². The third kappa shape index (κ3) is 0.833. The van der Waals surface area contributed by atoms with Crippen LogP contribution in [0.4, 0.5) is 0 Å². The van der Waals surface area contributed by atoms with Gasteiger partial charge >= 0.3 is 0 Å². The minimum Gasteiger partial charge on any atom is -0.347 e. The molecule has 0 aromatic carbocycles. The molecule has 1 saturated heterocycles. The van der Waals surface area contributed by atoms with Crippen molar-refractivity contribution >= 4 is 5.78 Å². The Morgan fingerprint density at radius 1 is 1.33 bits per heavy atom. The summed E-state index contributed by atoms with van der Waals surface area (Å²) in [7, 11) is 0. The lowest BCUT2D eigenvalue weighted by molar-refractivity contribution is -0.221. The smallest absolute Gasteiger partial charge is 0.172 e. The SMILES string of the molecule is O=C1C=C[C@@H]2[C@@H]1[C@H]1CCC3(OCCO3)[C@H]21. The fourth-order valence-corrected chi connectivity index (χ4v) is 4.15. The molecule has 2 saturated carbocycles. The number of allylic oxidation sites excluding steroid dienone is 2. The summed E-state index contributed by atoms with van der Waals surface area (Å²) in [5, 5.41) is 0. The first-order chi connectivity index (χ1) is 7.32. The van der Waals surface area contributed by atoms with Gasteiger partial charge in [-0.1, -0.05) is 6.08 Å². The zero-order valence-corrected chi connectivity index (χ0v) is 8.52. The van der Waals surface area contributed by atoms with Crippen molar-refractivity contribution in [3.05, 3.63) is 12.2 Å². The highest BCUT2D eigenvalue weighted by Gasteiger charge is 2.67. The van der Waals surface area contributed by atoms with Gasteiger partial charge in [-0.15, -0.1) is 0 Å². The molecule has 0 N–H and O–H groups in total. The van der Waals surface area contributed by atoms with E-state index in [-0.39, 0.29) is 11.7 Å². The van der Waals surface area contributed by atoms with Crippen LogP contribution in [-0.4, -0.2) is 24.8 Å². The van der Waals surface area contributed by atoms with Gasteiger partial charge in [-0.25, -0.2) is 0 Å². The van der Waals surface area contributed by atoms with E-state index < -0.39 is 0 Å². The lowest BCUT2D eigenvalue weighted by Crippen LogP contribution is -2.53. The Balaban J connectivity index is 1.69. The standard InChI is InChI=1S/C12H14O3/c13-9-2-1-7-10(9)8-3-4-12(11(7)8)14-5-6-15-12/h1-2,7-8,10-11H,3-6H2/t7-,8-,10-,11-/m1/s1. The van der Waals surface area contributed by atoms with Crippen molar-refractivity contribution in [1.29, 1.82) is 0 Å². The fraction of sp³-hybridized carbons (Fsp3) is 0.750. The van der Waals surface area contributed by atoms with E-state index in [1.165, 1.54) is 0 Å². The molecule has 0 amide bonds.